The Balaban J connectivity index is 0.00000225. The summed E-state index contributed by atoms with van der Waals surface area (Å²) in [7, 11) is 0. The van der Waals surface area contributed by atoms with Crippen LogP contribution in [0.4, 0.5) is 4.79 Å². The number of fused-ring (bicyclic) bond motifs is 2. The lowest BCUT2D eigenvalue weighted by molar-refractivity contribution is -0.135. The number of nitrogens with zero attached hydrogens (tertiary/aromatic N) is 1. The van der Waals surface area contributed by atoms with Gasteiger partial charge in [-0.1, -0.05) is 31.2 Å². The Kier molecular flexibility index (Phi) is 5.68. The fourth-order valence-corrected chi connectivity index (χ4v) is 4.45. The molecular weight excluding hydrogens is 380 g/mol. The minimum absolute atomic E-state index is 0. The van der Waals surface area contributed by atoms with Gasteiger partial charge in [0.15, 0.2) is 0 Å². The molecule has 3 aliphatic rings. The number of benzene rings is 1. The first-order valence-electron chi connectivity index (χ1n) is 9.64. The van der Waals surface area contributed by atoms with Gasteiger partial charge in [-0.15, -0.1) is 12.4 Å². The SMILES string of the molecule is CC1(CNC(=O)CN2C(=O)NC3(CCc4ccccc43)C2=O)CCNCC1.Cl. The smallest absolute Gasteiger partial charge is 0.325 e. The molecule has 1 unspecified atom stereocenters. The predicted molar refractivity (Wildman–Crippen MR) is 107 cm³/mol. The Morgan fingerprint density at radius 1 is 1.18 bits per heavy atom. The van der Waals surface area contributed by atoms with Crippen molar-refractivity contribution >= 4 is 30.3 Å². The molecule has 0 radical (unpaired) electrons. The monoisotopic (exact) mass is 406 g/mol. The van der Waals surface area contributed by atoms with E-state index in [9.17, 15) is 14.4 Å². The number of halogens is 1. The van der Waals surface area contributed by atoms with Gasteiger partial charge < -0.3 is 16.0 Å². The molecule has 2 aliphatic heterocycles. The molecule has 2 saturated heterocycles. The van der Waals surface area contributed by atoms with Gasteiger partial charge in [-0.2, -0.15) is 0 Å². The number of carbonyl (C=O) groups excluding carboxylic acids is 3. The number of aryl methyl sites for hydroxylation is 1. The molecule has 4 amide bonds. The fourth-order valence-electron chi connectivity index (χ4n) is 4.45. The Morgan fingerprint density at radius 3 is 2.64 bits per heavy atom. The van der Waals surface area contributed by atoms with E-state index in [0.29, 0.717) is 13.0 Å². The first-order chi connectivity index (χ1) is 12.9. The molecule has 8 heteroatoms. The molecule has 1 aliphatic carbocycles. The van der Waals surface area contributed by atoms with E-state index in [-0.39, 0.29) is 36.2 Å². The molecule has 3 N–H and O–H groups in total. The van der Waals surface area contributed by atoms with Crippen LogP contribution < -0.4 is 16.0 Å². The van der Waals surface area contributed by atoms with Crippen molar-refractivity contribution in [2.45, 2.75) is 38.1 Å². The molecule has 0 aromatic heterocycles. The van der Waals surface area contributed by atoms with Crippen LogP contribution in [0.1, 0.15) is 37.3 Å². The van der Waals surface area contributed by atoms with Gasteiger partial charge in [-0.25, -0.2) is 4.79 Å². The highest BCUT2D eigenvalue weighted by Gasteiger charge is 2.55. The standard InChI is InChI=1S/C20H26N4O3.ClH/c1-19(8-10-21-11-9-19)13-22-16(25)12-24-17(26)20(23-18(24)27)7-6-14-4-2-3-5-15(14)20;/h2-5,21H,6-13H2,1H3,(H,22,25)(H,23,27);1H. The van der Waals surface area contributed by atoms with Gasteiger partial charge in [0.2, 0.25) is 5.91 Å². The summed E-state index contributed by atoms with van der Waals surface area (Å²) in [4.78, 5) is 39.0. The lowest BCUT2D eigenvalue weighted by atomic mass is 9.81. The van der Waals surface area contributed by atoms with Gasteiger partial charge >= 0.3 is 6.03 Å². The zero-order chi connectivity index (χ0) is 19.1. The third-order valence-corrected chi connectivity index (χ3v) is 6.25. The number of piperidine rings is 1. The molecule has 1 aromatic rings. The molecule has 0 saturated carbocycles. The Bertz CT molecular complexity index is 793. The molecule has 1 spiro atoms. The number of nitrogens with one attached hydrogen (secondary N) is 3. The molecule has 2 heterocycles. The zero-order valence-corrected chi connectivity index (χ0v) is 16.9. The van der Waals surface area contributed by atoms with Crippen LogP contribution in [0.25, 0.3) is 0 Å². The fraction of sp³-hybridized carbons (Fsp3) is 0.550. The van der Waals surface area contributed by atoms with E-state index < -0.39 is 11.6 Å². The van der Waals surface area contributed by atoms with Crippen LogP contribution in [-0.2, 0) is 21.5 Å². The first-order valence-corrected chi connectivity index (χ1v) is 9.64. The van der Waals surface area contributed by atoms with Gasteiger partial charge in [-0.05, 0) is 55.3 Å². The van der Waals surface area contributed by atoms with E-state index in [1.807, 2.05) is 24.3 Å². The molecule has 7 nitrogen and oxygen atoms in total. The number of hydrogen-bond acceptors (Lipinski definition) is 4. The summed E-state index contributed by atoms with van der Waals surface area (Å²) in [6.07, 6.45) is 3.28. The summed E-state index contributed by atoms with van der Waals surface area (Å²) in [6, 6.07) is 7.20. The van der Waals surface area contributed by atoms with Crippen LogP contribution in [0, 0.1) is 5.41 Å². The van der Waals surface area contributed by atoms with Crippen LogP contribution in [0.5, 0.6) is 0 Å². The number of urea groups is 1. The van der Waals surface area contributed by atoms with E-state index in [1.165, 1.54) is 0 Å². The topological polar surface area (TPSA) is 90.5 Å². The van der Waals surface area contributed by atoms with E-state index in [0.717, 1.165) is 48.4 Å². The summed E-state index contributed by atoms with van der Waals surface area (Å²) >= 11 is 0. The second-order valence-corrected chi connectivity index (χ2v) is 8.22. The Labute approximate surface area is 171 Å². The Hall–Kier alpha value is -2.12. The number of carbonyl (C=O) groups is 3. The lowest BCUT2D eigenvalue weighted by Gasteiger charge is -2.34. The largest absolute Gasteiger partial charge is 0.354 e. The molecule has 28 heavy (non-hydrogen) atoms. The summed E-state index contributed by atoms with van der Waals surface area (Å²) < 4.78 is 0. The number of imide groups is 1. The molecule has 152 valence electrons. The molecule has 4 rings (SSSR count). The van der Waals surface area contributed by atoms with Gasteiger partial charge in [-0.3, -0.25) is 14.5 Å². The van der Waals surface area contributed by atoms with Crippen molar-refractivity contribution in [3.8, 4) is 0 Å². The second-order valence-electron chi connectivity index (χ2n) is 8.22. The minimum atomic E-state index is -1.00. The number of hydrogen-bond donors (Lipinski definition) is 3. The predicted octanol–water partition coefficient (Wildman–Crippen LogP) is 1.31. The van der Waals surface area contributed by atoms with Crippen molar-refractivity contribution in [3.05, 3.63) is 35.4 Å². The van der Waals surface area contributed by atoms with Crippen molar-refractivity contribution in [1.29, 1.82) is 0 Å². The van der Waals surface area contributed by atoms with Crippen molar-refractivity contribution in [2.75, 3.05) is 26.2 Å². The third kappa shape index (κ3) is 3.49. The van der Waals surface area contributed by atoms with Gasteiger partial charge in [0.1, 0.15) is 12.1 Å². The number of amides is 4. The molecule has 2 fully saturated rings. The van der Waals surface area contributed by atoms with Crippen molar-refractivity contribution < 1.29 is 14.4 Å². The maximum Gasteiger partial charge on any atom is 0.325 e. The van der Waals surface area contributed by atoms with Crippen LogP contribution in [0.3, 0.4) is 0 Å². The van der Waals surface area contributed by atoms with Crippen molar-refractivity contribution in [3.63, 3.8) is 0 Å². The van der Waals surface area contributed by atoms with Crippen molar-refractivity contribution in [1.82, 2.24) is 20.9 Å². The first kappa shape index (κ1) is 20.6. The molecule has 1 aromatic carbocycles. The highest BCUT2D eigenvalue weighted by atomic mass is 35.5. The van der Waals surface area contributed by atoms with E-state index >= 15 is 0 Å². The van der Waals surface area contributed by atoms with Crippen molar-refractivity contribution in [2.24, 2.45) is 5.41 Å². The summed E-state index contributed by atoms with van der Waals surface area (Å²) in [5.41, 5.74) is 0.989. The maximum atomic E-state index is 13.1. The van der Waals surface area contributed by atoms with Crippen LogP contribution in [0.15, 0.2) is 24.3 Å². The average molecular weight is 407 g/mol. The van der Waals surface area contributed by atoms with E-state index in [2.05, 4.69) is 22.9 Å². The highest BCUT2D eigenvalue weighted by molar-refractivity contribution is 6.09. The average Bonchev–Trinajstić information content (AvgIpc) is 3.15. The van der Waals surface area contributed by atoms with E-state index in [1.54, 1.807) is 0 Å². The minimum Gasteiger partial charge on any atom is -0.354 e. The molecular formula is C20H27ClN4O3. The Morgan fingerprint density at radius 2 is 1.89 bits per heavy atom. The summed E-state index contributed by atoms with van der Waals surface area (Å²) in [5, 5.41) is 9.09. The third-order valence-electron chi connectivity index (χ3n) is 6.25. The molecule has 0 bridgehead atoms. The lowest BCUT2D eigenvalue weighted by Crippen LogP contribution is -2.47. The summed E-state index contributed by atoms with van der Waals surface area (Å²) in [5.74, 6) is -0.609. The quantitative estimate of drug-likeness (QED) is 0.657. The summed E-state index contributed by atoms with van der Waals surface area (Å²) in [6.45, 7) is 4.38. The zero-order valence-electron chi connectivity index (χ0n) is 16.0. The maximum absolute atomic E-state index is 13.1. The second kappa shape index (κ2) is 7.72. The molecule has 1 atom stereocenters. The van der Waals surface area contributed by atoms with Crippen LogP contribution in [0.2, 0.25) is 0 Å². The normalized spacial score (nSPS) is 25.2. The van der Waals surface area contributed by atoms with Gasteiger partial charge in [0.25, 0.3) is 5.91 Å². The van der Waals surface area contributed by atoms with Crippen LogP contribution in [-0.4, -0.2) is 48.9 Å². The van der Waals surface area contributed by atoms with Gasteiger partial charge in [0.05, 0.1) is 0 Å². The highest BCUT2D eigenvalue weighted by Crippen LogP contribution is 2.41. The van der Waals surface area contributed by atoms with Crippen LogP contribution >= 0.6 is 12.4 Å². The van der Waals surface area contributed by atoms with E-state index in [4.69, 9.17) is 0 Å². The van der Waals surface area contributed by atoms with Gasteiger partial charge in [0, 0.05) is 6.54 Å². The number of rotatable bonds is 4.